The van der Waals surface area contributed by atoms with E-state index in [9.17, 15) is 9.90 Å². The van der Waals surface area contributed by atoms with Crippen LogP contribution in [0.5, 0.6) is 0 Å². The van der Waals surface area contributed by atoms with Crippen molar-refractivity contribution in [1.82, 2.24) is 10.2 Å². The number of carbonyl (C=O) groups is 1. The number of nitrogens with zero attached hydrogens (tertiary/aromatic N) is 1. The van der Waals surface area contributed by atoms with Crippen LogP contribution in [0.25, 0.3) is 0 Å². The first-order chi connectivity index (χ1) is 7.22. The average Bonchev–Trinajstić information content (AvgIpc) is 2.96. The minimum atomic E-state index is -0.372. The first-order valence-electron chi connectivity index (χ1n) is 5.55. The van der Waals surface area contributed by atoms with E-state index in [2.05, 4.69) is 11.9 Å². The molecule has 2 rings (SSSR count). The van der Waals surface area contributed by atoms with E-state index in [1.807, 2.05) is 4.90 Å². The Hall–Kier alpha value is -0.870. The quantitative estimate of drug-likeness (QED) is 0.636. The van der Waals surface area contributed by atoms with Crippen LogP contribution in [0.3, 0.4) is 0 Å². The normalized spacial score (nSPS) is 30.2. The highest BCUT2D eigenvalue weighted by molar-refractivity contribution is 5.83. The molecule has 4 nitrogen and oxygen atoms in total. The van der Waals surface area contributed by atoms with Crippen molar-refractivity contribution in [3.63, 3.8) is 0 Å². The maximum atomic E-state index is 12.1. The zero-order valence-electron chi connectivity index (χ0n) is 8.85. The van der Waals surface area contributed by atoms with Crippen molar-refractivity contribution in [3.05, 3.63) is 12.7 Å². The second-order valence-electron chi connectivity index (χ2n) is 4.36. The maximum absolute atomic E-state index is 12.1. The molecule has 1 saturated heterocycles. The van der Waals surface area contributed by atoms with Crippen LogP contribution in [-0.4, -0.2) is 47.2 Å². The summed E-state index contributed by atoms with van der Waals surface area (Å²) in [4.78, 5) is 13.9. The molecule has 2 fully saturated rings. The lowest BCUT2D eigenvalue weighted by Gasteiger charge is -2.24. The van der Waals surface area contributed by atoms with Crippen LogP contribution in [0.4, 0.5) is 0 Å². The van der Waals surface area contributed by atoms with Crippen molar-refractivity contribution in [3.8, 4) is 0 Å². The van der Waals surface area contributed by atoms with Crippen LogP contribution in [0.15, 0.2) is 12.7 Å². The fourth-order valence-electron chi connectivity index (χ4n) is 2.05. The molecular formula is C11H18N2O2. The third kappa shape index (κ3) is 2.38. The number of nitrogens with one attached hydrogen (secondary N) is 1. The molecule has 4 heteroatoms. The van der Waals surface area contributed by atoms with Crippen LogP contribution < -0.4 is 5.32 Å². The molecule has 1 amide bonds. The minimum Gasteiger partial charge on any atom is -0.392 e. The number of hydrogen-bond donors (Lipinski definition) is 2. The Bertz CT molecular complexity index is 263. The molecule has 0 radical (unpaired) electrons. The van der Waals surface area contributed by atoms with E-state index in [4.69, 9.17) is 0 Å². The van der Waals surface area contributed by atoms with E-state index in [1.54, 1.807) is 6.08 Å². The zero-order valence-corrected chi connectivity index (χ0v) is 8.85. The minimum absolute atomic E-state index is 0.119. The lowest BCUT2D eigenvalue weighted by molar-refractivity contribution is -0.133. The van der Waals surface area contributed by atoms with E-state index in [0.717, 1.165) is 12.8 Å². The standard InChI is InChI=1S/C11H18N2O2/c1-2-5-13(8-3-4-8)11(15)10-6-9(14)7-12-10/h2,8-10,12,14H,1,3-7H2. The molecule has 0 aromatic heterocycles. The first kappa shape index (κ1) is 10.6. The third-order valence-corrected chi connectivity index (χ3v) is 3.00. The summed E-state index contributed by atoms with van der Waals surface area (Å²) >= 11 is 0. The number of aliphatic hydroxyl groups excluding tert-OH is 1. The summed E-state index contributed by atoms with van der Waals surface area (Å²) in [7, 11) is 0. The van der Waals surface area contributed by atoms with Gasteiger partial charge in [0.05, 0.1) is 12.1 Å². The van der Waals surface area contributed by atoms with Crippen LogP contribution in [-0.2, 0) is 4.79 Å². The predicted molar refractivity (Wildman–Crippen MR) is 57.3 cm³/mol. The van der Waals surface area contributed by atoms with Gasteiger partial charge in [-0.05, 0) is 19.3 Å². The lowest BCUT2D eigenvalue weighted by atomic mass is 10.2. The maximum Gasteiger partial charge on any atom is 0.240 e. The van der Waals surface area contributed by atoms with Gasteiger partial charge in [0.2, 0.25) is 5.91 Å². The molecule has 84 valence electrons. The van der Waals surface area contributed by atoms with Crippen LogP contribution in [0.1, 0.15) is 19.3 Å². The van der Waals surface area contributed by atoms with E-state index < -0.39 is 0 Å². The molecule has 1 aliphatic heterocycles. The molecule has 0 aromatic rings. The number of hydrogen-bond acceptors (Lipinski definition) is 3. The van der Waals surface area contributed by atoms with Gasteiger partial charge in [0.15, 0.2) is 0 Å². The Labute approximate surface area is 90.0 Å². The van der Waals surface area contributed by atoms with E-state index in [1.165, 1.54) is 0 Å². The number of carbonyl (C=O) groups excluding carboxylic acids is 1. The van der Waals surface area contributed by atoms with Gasteiger partial charge in [0, 0.05) is 19.1 Å². The number of amides is 1. The van der Waals surface area contributed by atoms with E-state index >= 15 is 0 Å². The topological polar surface area (TPSA) is 52.6 Å². The van der Waals surface area contributed by atoms with Gasteiger partial charge < -0.3 is 15.3 Å². The molecule has 1 heterocycles. The fraction of sp³-hybridized carbons (Fsp3) is 0.727. The highest BCUT2D eigenvalue weighted by Crippen LogP contribution is 2.28. The van der Waals surface area contributed by atoms with Gasteiger partial charge in [-0.25, -0.2) is 0 Å². The number of aliphatic hydroxyl groups is 1. The van der Waals surface area contributed by atoms with Crippen LogP contribution >= 0.6 is 0 Å². The van der Waals surface area contributed by atoms with Gasteiger partial charge in [0.25, 0.3) is 0 Å². The van der Waals surface area contributed by atoms with Gasteiger partial charge in [-0.15, -0.1) is 6.58 Å². The summed E-state index contributed by atoms with van der Waals surface area (Å²) in [6, 6.07) is 0.218. The largest absolute Gasteiger partial charge is 0.392 e. The molecule has 2 N–H and O–H groups in total. The Kier molecular flexibility index (Phi) is 3.07. The van der Waals surface area contributed by atoms with Crippen molar-refractivity contribution >= 4 is 5.91 Å². The zero-order chi connectivity index (χ0) is 10.8. The second kappa shape index (κ2) is 4.33. The number of β-amino-alcohol motifs (C(OH)–C–C–N with tert-alkyl or cyclic N) is 1. The van der Waals surface area contributed by atoms with Crippen molar-refractivity contribution in [2.75, 3.05) is 13.1 Å². The molecule has 2 atom stereocenters. The highest BCUT2D eigenvalue weighted by atomic mass is 16.3. The third-order valence-electron chi connectivity index (χ3n) is 3.00. The van der Waals surface area contributed by atoms with Crippen molar-refractivity contribution in [1.29, 1.82) is 0 Å². The summed E-state index contributed by atoms with van der Waals surface area (Å²) in [6.45, 7) is 4.82. The smallest absolute Gasteiger partial charge is 0.240 e. The lowest BCUT2D eigenvalue weighted by Crippen LogP contribution is -2.44. The molecule has 1 saturated carbocycles. The van der Waals surface area contributed by atoms with Gasteiger partial charge in [-0.3, -0.25) is 4.79 Å². The summed E-state index contributed by atoms with van der Waals surface area (Å²) in [5, 5.41) is 12.4. The highest BCUT2D eigenvalue weighted by Gasteiger charge is 2.37. The van der Waals surface area contributed by atoms with Gasteiger partial charge >= 0.3 is 0 Å². The fourth-order valence-corrected chi connectivity index (χ4v) is 2.05. The van der Waals surface area contributed by atoms with Gasteiger partial charge in [0.1, 0.15) is 0 Å². The molecule has 0 aromatic carbocycles. The summed E-state index contributed by atoms with van der Waals surface area (Å²) in [5.41, 5.74) is 0. The Morgan fingerprint density at radius 2 is 2.33 bits per heavy atom. The van der Waals surface area contributed by atoms with Crippen molar-refractivity contribution < 1.29 is 9.90 Å². The average molecular weight is 210 g/mol. The predicted octanol–water partition coefficient (Wildman–Crippen LogP) is -0.114. The molecular weight excluding hydrogens is 192 g/mol. The van der Waals surface area contributed by atoms with Gasteiger partial charge in [-0.1, -0.05) is 6.08 Å². The van der Waals surface area contributed by atoms with Crippen molar-refractivity contribution in [2.24, 2.45) is 0 Å². The van der Waals surface area contributed by atoms with E-state index in [-0.39, 0.29) is 18.1 Å². The van der Waals surface area contributed by atoms with Gasteiger partial charge in [-0.2, -0.15) is 0 Å². The van der Waals surface area contributed by atoms with Crippen molar-refractivity contribution in [2.45, 2.75) is 37.5 Å². The van der Waals surface area contributed by atoms with Crippen LogP contribution in [0, 0.1) is 0 Å². The molecule has 1 aliphatic carbocycles. The number of rotatable bonds is 4. The first-order valence-corrected chi connectivity index (χ1v) is 5.55. The molecule has 2 unspecified atom stereocenters. The Morgan fingerprint density at radius 1 is 1.60 bits per heavy atom. The molecule has 0 spiro atoms. The van der Waals surface area contributed by atoms with E-state index in [0.29, 0.717) is 25.6 Å². The second-order valence-corrected chi connectivity index (χ2v) is 4.36. The molecule has 0 bridgehead atoms. The van der Waals surface area contributed by atoms with Crippen LogP contribution in [0.2, 0.25) is 0 Å². The monoisotopic (exact) mass is 210 g/mol. The summed E-state index contributed by atoms with van der Waals surface area (Å²) < 4.78 is 0. The molecule has 2 aliphatic rings. The summed E-state index contributed by atoms with van der Waals surface area (Å²) in [6.07, 6.45) is 4.15. The SMILES string of the molecule is C=CCN(C(=O)C1CC(O)CN1)C1CC1. The summed E-state index contributed by atoms with van der Waals surface area (Å²) in [5.74, 6) is 0.119. The Balaban J connectivity index is 1.94. The molecule has 15 heavy (non-hydrogen) atoms. The Morgan fingerprint density at radius 3 is 2.80 bits per heavy atom.